The minimum Gasteiger partial charge on any atom is -0.463 e. The molecule has 0 aliphatic heterocycles. The van der Waals surface area contributed by atoms with Gasteiger partial charge in [-0.05, 0) is 20.3 Å². The summed E-state index contributed by atoms with van der Waals surface area (Å²) in [6.07, 6.45) is 9.31. The molecule has 0 amide bonds. The van der Waals surface area contributed by atoms with Gasteiger partial charge in [-0.25, -0.2) is 0 Å². The zero-order valence-electron chi connectivity index (χ0n) is 10.6. The van der Waals surface area contributed by atoms with Crippen molar-refractivity contribution >= 4 is 5.97 Å². The summed E-state index contributed by atoms with van der Waals surface area (Å²) in [6, 6.07) is 0. The van der Waals surface area contributed by atoms with E-state index in [1.807, 2.05) is 13.8 Å². The first kappa shape index (κ1) is 14.5. The molecule has 0 fully saturated rings. The molecular weight excluding hydrogens is 188 g/mol. The fraction of sp³-hybridized carbons (Fsp3) is 0.923. The second-order valence-electron chi connectivity index (χ2n) is 4.41. The van der Waals surface area contributed by atoms with Gasteiger partial charge in [0.25, 0.3) is 0 Å². The van der Waals surface area contributed by atoms with Gasteiger partial charge in [0.1, 0.15) is 0 Å². The molecule has 0 aromatic heterocycles. The van der Waals surface area contributed by atoms with Crippen LogP contribution < -0.4 is 0 Å². The van der Waals surface area contributed by atoms with Crippen LogP contribution in [0.5, 0.6) is 0 Å². The van der Waals surface area contributed by atoms with E-state index in [2.05, 4.69) is 6.92 Å². The zero-order chi connectivity index (χ0) is 11.5. The van der Waals surface area contributed by atoms with Crippen LogP contribution in [0.15, 0.2) is 0 Å². The molecule has 0 radical (unpaired) electrons. The summed E-state index contributed by atoms with van der Waals surface area (Å²) in [5, 5.41) is 0. The van der Waals surface area contributed by atoms with Crippen LogP contribution in [-0.4, -0.2) is 12.1 Å². The van der Waals surface area contributed by atoms with Gasteiger partial charge < -0.3 is 4.74 Å². The summed E-state index contributed by atoms with van der Waals surface area (Å²) >= 11 is 0. The Balaban J connectivity index is 3.13. The smallest absolute Gasteiger partial charge is 0.306 e. The van der Waals surface area contributed by atoms with Crippen LogP contribution in [0.4, 0.5) is 0 Å². The summed E-state index contributed by atoms with van der Waals surface area (Å²) < 4.78 is 5.06. The molecule has 0 aliphatic carbocycles. The Kier molecular flexibility index (Phi) is 9.65. The first-order chi connectivity index (χ1) is 7.16. The first-order valence-electron chi connectivity index (χ1n) is 6.36. The Labute approximate surface area is 94.4 Å². The number of rotatable bonds is 9. The van der Waals surface area contributed by atoms with Gasteiger partial charge in [-0.15, -0.1) is 0 Å². The quantitative estimate of drug-likeness (QED) is 0.427. The van der Waals surface area contributed by atoms with Gasteiger partial charge in [-0.1, -0.05) is 45.4 Å². The molecule has 0 atom stereocenters. The Hall–Kier alpha value is -0.530. The molecule has 0 spiro atoms. The lowest BCUT2D eigenvalue weighted by atomic mass is 10.1. The van der Waals surface area contributed by atoms with Crippen molar-refractivity contribution in [3.8, 4) is 0 Å². The summed E-state index contributed by atoms with van der Waals surface area (Å²) in [7, 11) is 0. The Bertz CT molecular complexity index is 153. The third-order valence-electron chi connectivity index (χ3n) is 2.35. The van der Waals surface area contributed by atoms with E-state index < -0.39 is 0 Å². The largest absolute Gasteiger partial charge is 0.463 e. The number of ether oxygens (including phenoxy) is 1. The van der Waals surface area contributed by atoms with E-state index >= 15 is 0 Å². The lowest BCUT2D eigenvalue weighted by Crippen LogP contribution is -2.10. The minimum atomic E-state index is -0.0430. The molecule has 0 heterocycles. The van der Waals surface area contributed by atoms with Crippen molar-refractivity contribution in [2.75, 3.05) is 0 Å². The molecule has 15 heavy (non-hydrogen) atoms. The van der Waals surface area contributed by atoms with Crippen LogP contribution in [0.2, 0.25) is 0 Å². The maximum Gasteiger partial charge on any atom is 0.306 e. The van der Waals surface area contributed by atoms with E-state index in [9.17, 15) is 4.79 Å². The molecule has 0 bridgehead atoms. The minimum absolute atomic E-state index is 0.0297. The number of esters is 1. The summed E-state index contributed by atoms with van der Waals surface area (Å²) in [6.45, 7) is 6.01. The highest BCUT2D eigenvalue weighted by Gasteiger charge is 2.04. The highest BCUT2D eigenvalue weighted by atomic mass is 16.5. The fourth-order valence-electron chi connectivity index (χ4n) is 1.55. The predicted octanol–water partition coefficient (Wildman–Crippen LogP) is 4.08. The third kappa shape index (κ3) is 11.4. The van der Waals surface area contributed by atoms with Crippen molar-refractivity contribution in [1.82, 2.24) is 0 Å². The van der Waals surface area contributed by atoms with E-state index in [-0.39, 0.29) is 12.1 Å². The first-order valence-corrected chi connectivity index (χ1v) is 6.36. The molecule has 0 saturated heterocycles. The average molecular weight is 214 g/mol. The molecule has 0 aromatic rings. The Morgan fingerprint density at radius 3 is 2.07 bits per heavy atom. The van der Waals surface area contributed by atoms with Crippen LogP contribution in [0.1, 0.15) is 72.1 Å². The van der Waals surface area contributed by atoms with E-state index in [1.54, 1.807) is 0 Å². The van der Waals surface area contributed by atoms with Gasteiger partial charge >= 0.3 is 5.97 Å². The average Bonchev–Trinajstić information content (AvgIpc) is 2.15. The summed E-state index contributed by atoms with van der Waals surface area (Å²) in [5.41, 5.74) is 0. The maximum atomic E-state index is 11.2. The predicted molar refractivity (Wildman–Crippen MR) is 63.8 cm³/mol. The van der Waals surface area contributed by atoms with Crippen molar-refractivity contribution < 1.29 is 9.53 Å². The van der Waals surface area contributed by atoms with Gasteiger partial charge in [0.15, 0.2) is 0 Å². The van der Waals surface area contributed by atoms with Gasteiger partial charge in [0.2, 0.25) is 0 Å². The van der Waals surface area contributed by atoms with Gasteiger partial charge in [-0.3, -0.25) is 4.79 Å². The lowest BCUT2D eigenvalue weighted by Gasteiger charge is -2.07. The maximum absolute atomic E-state index is 11.2. The molecule has 90 valence electrons. The third-order valence-corrected chi connectivity index (χ3v) is 2.35. The summed E-state index contributed by atoms with van der Waals surface area (Å²) in [5.74, 6) is -0.0430. The highest BCUT2D eigenvalue weighted by Crippen LogP contribution is 2.09. The van der Waals surface area contributed by atoms with E-state index in [1.165, 1.54) is 32.1 Å². The highest BCUT2D eigenvalue weighted by molar-refractivity contribution is 5.69. The molecule has 0 unspecified atom stereocenters. The van der Waals surface area contributed by atoms with Crippen LogP contribution in [0, 0.1) is 0 Å². The fourth-order valence-corrected chi connectivity index (χ4v) is 1.55. The molecule has 0 aromatic carbocycles. The second kappa shape index (κ2) is 10.0. The van der Waals surface area contributed by atoms with Gasteiger partial charge in [0.05, 0.1) is 6.10 Å². The topological polar surface area (TPSA) is 26.3 Å². The van der Waals surface area contributed by atoms with Crippen molar-refractivity contribution in [2.45, 2.75) is 78.2 Å². The van der Waals surface area contributed by atoms with Crippen molar-refractivity contribution in [1.29, 1.82) is 0 Å². The van der Waals surface area contributed by atoms with Crippen LogP contribution in [-0.2, 0) is 9.53 Å². The lowest BCUT2D eigenvalue weighted by molar-refractivity contribution is -0.147. The zero-order valence-corrected chi connectivity index (χ0v) is 10.6. The van der Waals surface area contributed by atoms with E-state index in [0.717, 1.165) is 12.8 Å². The molecule has 2 heteroatoms. The number of hydrogen-bond donors (Lipinski definition) is 0. The molecule has 0 rings (SSSR count). The SMILES string of the molecule is CCCCCCCCCC(=O)OC(C)C. The van der Waals surface area contributed by atoms with Crippen LogP contribution in [0.3, 0.4) is 0 Å². The second-order valence-corrected chi connectivity index (χ2v) is 4.41. The van der Waals surface area contributed by atoms with Crippen molar-refractivity contribution in [3.05, 3.63) is 0 Å². The monoisotopic (exact) mass is 214 g/mol. The molecule has 0 N–H and O–H groups in total. The number of carbonyl (C=O) groups is 1. The molecular formula is C13H26O2. The van der Waals surface area contributed by atoms with Gasteiger partial charge in [-0.2, -0.15) is 0 Å². The van der Waals surface area contributed by atoms with Crippen molar-refractivity contribution in [2.24, 2.45) is 0 Å². The van der Waals surface area contributed by atoms with E-state index in [4.69, 9.17) is 4.74 Å². The molecule has 2 nitrogen and oxygen atoms in total. The standard InChI is InChI=1S/C13H26O2/c1-4-5-6-7-8-9-10-11-13(14)15-12(2)3/h12H,4-11H2,1-3H3. The molecule has 0 saturated carbocycles. The number of hydrogen-bond acceptors (Lipinski definition) is 2. The van der Waals surface area contributed by atoms with Gasteiger partial charge in [0, 0.05) is 6.42 Å². The number of unbranched alkanes of at least 4 members (excludes halogenated alkanes) is 6. The van der Waals surface area contributed by atoms with Crippen LogP contribution in [0.25, 0.3) is 0 Å². The van der Waals surface area contributed by atoms with Crippen LogP contribution >= 0.6 is 0 Å². The normalized spacial score (nSPS) is 10.7. The Morgan fingerprint density at radius 2 is 1.53 bits per heavy atom. The number of carbonyl (C=O) groups excluding carboxylic acids is 1. The molecule has 0 aliphatic rings. The van der Waals surface area contributed by atoms with Crippen molar-refractivity contribution in [3.63, 3.8) is 0 Å². The van der Waals surface area contributed by atoms with E-state index in [0.29, 0.717) is 6.42 Å². The Morgan fingerprint density at radius 1 is 1.00 bits per heavy atom. The summed E-state index contributed by atoms with van der Waals surface area (Å²) in [4.78, 5) is 11.2.